The summed E-state index contributed by atoms with van der Waals surface area (Å²) in [5, 5.41) is 6.18. The lowest BCUT2D eigenvalue weighted by Crippen LogP contribution is -2.11. The minimum absolute atomic E-state index is 0.185. The van der Waals surface area contributed by atoms with Gasteiger partial charge in [-0.25, -0.2) is 8.42 Å². The quantitative estimate of drug-likeness (QED) is 0.718. The average Bonchev–Trinajstić information content (AvgIpc) is 3.09. The lowest BCUT2D eigenvalue weighted by molar-refractivity contribution is 0.380. The summed E-state index contributed by atoms with van der Waals surface area (Å²) in [6.07, 6.45) is 2.13. The number of thiophene rings is 1. The molecule has 0 unspecified atom stereocenters. The zero-order valence-electron chi connectivity index (χ0n) is 12.3. The molecule has 1 fully saturated rings. The van der Waals surface area contributed by atoms with Crippen LogP contribution in [0.25, 0.3) is 11.4 Å². The van der Waals surface area contributed by atoms with Crippen molar-refractivity contribution < 1.29 is 12.9 Å². The van der Waals surface area contributed by atoms with Crippen LogP contribution in [0.4, 0.5) is 5.69 Å². The molecule has 6 nitrogen and oxygen atoms in total. The molecule has 1 aromatic carbocycles. The van der Waals surface area contributed by atoms with Crippen LogP contribution in [0, 0.1) is 0 Å². The summed E-state index contributed by atoms with van der Waals surface area (Å²) in [6.45, 7) is 0. The third-order valence-electron chi connectivity index (χ3n) is 3.56. The normalized spacial score (nSPS) is 14.7. The van der Waals surface area contributed by atoms with Crippen LogP contribution in [-0.4, -0.2) is 18.6 Å². The van der Waals surface area contributed by atoms with Crippen molar-refractivity contribution in [1.29, 1.82) is 0 Å². The second-order valence-corrected chi connectivity index (χ2v) is 8.75. The van der Waals surface area contributed by atoms with E-state index in [1.54, 1.807) is 35.7 Å². The molecule has 24 heavy (non-hydrogen) atoms. The Morgan fingerprint density at radius 2 is 2.00 bits per heavy atom. The van der Waals surface area contributed by atoms with Crippen LogP contribution in [0.3, 0.4) is 0 Å². The highest BCUT2D eigenvalue weighted by atomic mass is 35.5. The fourth-order valence-corrected chi connectivity index (χ4v) is 4.49. The second kappa shape index (κ2) is 5.87. The first-order valence-electron chi connectivity index (χ1n) is 7.22. The summed E-state index contributed by atoms with van der Waals surface area (Å²) >= 11 is 6.91. The van der Waals surface area contributed by atoms with Crippen molar-refractivity contribution in [2.24, 2.45) is 0 Å². The van der Waals surface area contributed by atoms with Crippen molar-refractivity contribution in [3.8, 4) is 11.4 Å². The molecular weight excluding hydrogens is 370 g/mol. The Kier molecular flexibility index (Phi) is 3.82. The Balaban J connectivity index is 1.57. The predicted molar refractivity (Wildman–Crippen MR) is 91.8 cm³/mol. The van der Waals surface area contributed by atoms with E-state index in [-0.39, 0.29) is 4.21 Å². The predicted octanol–water partition coefficient (Wildman–Crippen LogP) is 4.13. The van der Waals surface area contributed by atoms with E-state index in [0.29, 0.717) is 33.9 Å². The monoisotopic (exact) mass is 381 g/mol. The van der Waals surface area contributed by atoms with Gasteiger partial charge in [-0.05, 0) is 43.2 Å². The summed E-state index contributed by atoms with van der Waals surface area (Å²) in [5.41, 5.74) is 1.08. The van der Waals surface area contributed by atoms with Crippen molar-refractivity contribution in [3.05, 3.63) is 46.6 Å². The molecule has 0 amide bonds. The molecule has 0 bridgehead atoms. The zero-order valence-corrected chi connectivity index (χ0v) is 14.7. The molecule has 9 heteroatoms. The number of aromatic nitrogens is 2. The minimum atomic E-state index is -3.67. The maximum absolute atomic E-state index is 12.5. The van der Waals surface area contributed by atoms with Gasteiger partial charge in [-0.15, -0.1) is 11.3 Å². The smallest absolute Gasteiger partial charge is 0.271 e. The Morgan fingerprint density at radius 3 is 2.71 bits per heavy atom. The fourth-order valence-electron chi connectivity index (χ4n) is 2.15. The molecular formula is C15H12ClN3O3S2. The molecule has 3 aromatic rings. The first kappa shape index (κ1) is 15.6. The van der Waals surface area contributed by atoms with Gasteiger partial charge in [0.2, 0.25) is 11.7 Å². The zero-order chi connectivity index (χ0) is 16.7. The highest BCUT2D eigenvalue weighted by molar-refractivity contribution is 7.94. The molecule has 4 rings (SSSR count). The van der Waals surface area contributed by atoms with E-state index in [4.69, 9.17) is 16.1 Å². The van der Waals surface area contributed by atoms with Gasteiger partial charge in [0, 0.05) is 27.6 Å². The molecule has 0 aliphatic heterocycles. The number of benzene rings is 1. The summed E-state index contributed by atoms with van der Waals surface area (Å²) in [6, 6.07) is 8.01. The Bertz CT molecular complexity index is 976. The van der Waals surface area contributed by atoms with Gasteiger partial charge in [-0.1, -0.05) is 16.8 Å². The van der Waals surface area contributed by atoms with Gasteiger partial charge in [0.25, 0.3) is 10.0 Å². The van der Waals surface area contributed by atoms with Gasteiger partial charge in [0.15, 0.2) is 0 Å². The maximum Gasteiger partial charge on any atom is 0.271 e. The largest absolute Gasteiger partial charge is 0.339 e. The first-order chi connectivity index (χ1) is 11.5. The van der Waals surface area contributed by atoms with Gasteiger partial charge in [-0.3, -0.25) is 4.72 Å². The molecule has 0 saturated heterocycles. The number of nitrogens with one attached hydrogen (secondary N) is 1. The molecule has 2 aromatic heterocycles. The summed E-state index contributed by atoms with van der Waals surface area (Å²) < 4.78 is 32.8. The molecule has 124 valence electrons. The van der Waals surface area contributed by atoms with E-state index in [2.05, 4.69) is 14.9 Å². The third kappa shape index (κ3) is 3.17. The number of anilines is 1. The molecule has 1 saturated carbocycles. The van der Waals surface area contributed by atoms with Gasteiger partial charge < -0.3 is 4.52 Å². The van der Waals surface area contributed by atoms with Crippen LogP contribution < -0.4 is 4.72 Å². The summed E-state index contributed by atoms with van der Waals surface area (Å²) in [4.78, 5) is 4.33. The minimum Gasteiger partial charge on any atom is -0.339 e. The SMILES string of the molecule is O=S(=O)(Nc1ccc(Cl)cc1)c1cc(-c2noc(C3CC3)n2)cs1. The topological polar surface area (TPSA) is 85.1 Å². The van der Waals surface area contributed by atoms with E-state index in [1.165, 1.54) is 0 Å². The van der Waals surface area contributed by atoms with Crippen LogP contribution in [0.2, 0.25) is 5.02 Å². The second-order valence-electron chi connectivity index (χ2n) is 5.50. The Morgan fingerprint density at radius 1 is 1.25 bits per heavy atom. The Hall–Kier alpha value is -1.90. The summed E-state index contributed by atoms with van der Waals surface area (Å²) in [5.74, 6) is 1.40. The van der Waals surface area contributed by atoms with Crippen molar-refractivity contribution >= 4 is 38.6 Å². The maximum atomic E-state index is 12.5. The molecule has 0 atom stereocenters. The average molecular weight is 382 g/mol. The van der Waals surface area contributed by atoms with E-state index in [0.717, 1.165) is 24.2 Å². The van der Waals surface area contributed by atoms with Crippen molar-refractivity contribution in [3.63, 3.8) is 0 Å². The van der Waals surface area contributed by atoms with E-state index in [9.17, 15) is 8.42 Å². The van der Waals surface area contributed by atoms with E-state index >= 15 is 0 Å². The van der Waals surface area contributed by atoms with E-state index < -0.39 is 10.0 Å². The number of hydrogen-bond donors (Lipinski definition) is 1. The lowest BCUT2D eigenvalue weighted by atomic mass is 10.3. The van der Waals surface area contributed by atoms with Crippen molar-refractivity contribution in [2.45, 2.75) is 23.0 Å². The van der Waals surface area contributed by atoms with Crippen LogP contribution in [-0.2, 0) is 10.0 Å². The van der Waals surface area contributed by atoms with Crippen LogP contribution in [0.15, 0.2) is 44.4 Å². The van der Waals surface area contributed by atoms with Gasteiger partial charge in [-0.2, -0.15) is 4.98 Å². The first-order valence-corrected chi connectivity index (χ1v) is 9.96. The van der Waals surface area contributed by atoms with Crippen LogP contribution in [0.1, 0.15) is 24.7 Å². The highest BCUT2D eigenvalue weighted by Crippen LogP contribution is 2.40. The highest BCUT2D eigenvalue weighted by Gasteiger charge is 2.30. The van der Waals surface area contributed by atoms with Crippen molar-refractivity contribution in [2.75, 3.05) is 4.72 Å². The molecule has 2 heterocycles. The van der Waals surface area contributed by atoms with Gasteiger partial charge in [0.05, 0.1) is 0 Å². The standard InChI is InChI=1S/C15H12ClN3O3S2/c16-11-3-5-12(6-4-11)19-24(20,21)13-7-10(8-23-13)14-17-15(22-18-14)9-1-2-9/h3-9,19H,1-2H2. The van der Waals surface area contributed by atoms with E-state index in [1.807, 2.05) is 0 Å². The third-order valence-corrected chi connectivity index (χ3v) is 6.64. The fraction of sp³-hybridized carbons (Fsp3) is 0.200. The summed E-state index contributed by atoms with van der Waals surface area (Å²) in [7, 11) is -3.67. The molecule has 0 spiro atoms. The van der Waals surface area contributed by atoms with Gasteiger partial charge >= 0.3 is 0 Å². The molecule has 1 aliphatic carbocycles. The number of sulfonamides is 1. The van der Waals surface area contributed by atoms with Crippen LogP contribution >= 0.6 is 22.9 Å². The number of rotatable bonds is 5. The number of hydrogen-bond acceptors (Lipinski definition) is 6. The molecule has 1 N–H and O–H groups in total. The van der Waals surface area contributed by atoms with Crippen LogP contribution in [0.5, 0.6) is 0 Å². The lowest BCUT2D eigenvalue weighted by Gasteiger charge is -2.05. The van der Waals surface area contributed by atoms with Crippen molar-refractivity contribution in [1.82, 2.24) is 10.1 Å². The van der Waals surface area contributed by atoms with Gasteiger partial charge in [0.1, 0.15) is 4.21 Å². The Labute approximate surface area is 147 Å². The molecule has 1 aliphatic rings. The number of nitrogens with zero attached hydrogens (tertiary/aromatic N) is 2. The number of halogens is 1. The molecule has 0 radical (unpaired) electrons.